The van der Waals surface area contributed by atoms with E-state index in [1.807, 2.05) is 0 Å². The van der Waals surface area contributed by atoms with Crippen LogP contribution in [0.15, 0.2) is 18.2 Å². The number of aliphatic hydroxyl groups is 1. The van der Waals surface area contributed by atoms with Crippen molar-refractivity contribution in [2.45, 2.75) is 31.4 Å². The molecule has 0 aliphatic heterocycles. The molecule has 0 atom stereocenters. The van der Waals surface area contributed by atoms with Gasteiger partial charge in [0.15, 0.2) is 0 Å². The third kappa shape index (κ3) is 2.83. The van der Waals surface area contributed by atoms with E-state index in [2.05, 4.69) is 5.32 Å². The first-order valence-electron chi connectivity index (χ1n) is 5.86. The van der Waals surface area contributed by atoms with Crippen LogP contribution in [0.5, 0.6) is 0 Å². The molecule has 0 unspecified atom stereocenters. The van der Waals surface area contributed by atoms with Crippen LogP contribution in [0.2, 0.25) is 0 Å². The highest BCUT2D eigenvalue weighted by Gasteiger charge is 2.33. The number of rotatable bonds is 5. The molecule has 1 saturated carbocycles. The normalized spacial score (nSPS) is 17.2. The highest BCUT2D eigenvalue weighted by Crippen LogP contribution is 2.30. The van der Waals surface area contributed by atoms with Crippen molar-refractivity contribution in [3.05, 3.63) is 39.7 Å². The minimum absolute atomic E-state index is 0.386. The van der Waals surface area contributed by atoms with Gasteiger partial charge in [0.05, 0.1) is 10.5 Å². The van der Waals surface area contributed by atoms with E-state index in [1.54, 1.807) is 0 Å². The lowest BCUT2D eigenvalue weighted by Gasteiger charge is -2.36. The van der Waals surface area contributed by atoms with E-state index in [0.29, 0.717) is 18.7 Å². The van der Waals surface area contributed by atoms with Gasteiger partial charge in [-0.1, -0.05) is 6.07 Å². The molecule has 0 bridgehead atoms. The number of nitrogens with zero attached hydrogens (tertiary/aromatic N) is 1. The predicted molar refractivity (Wildman–Crippen MR) is 63.6 cm³/mol. The molecule has 0 radical (unpaired) electrons. The summed E-state index contributed by atoms with van der Waals surface area (Å²) in [5.74, 6) is -0.832. The zero-order chi connectivity index (χ0) is 13.2. The topological polar surface area (TPSA) is 75.4 Å². The summed E-state index contributed by atoms with van der Waals surface area (Å²) in [6.07, 6.45) is 2.60. The van der Waals surface area contributed by atoms with Gasteiger partial charge in [0.2, 0.25) is 5.82 Å². The molecule has 5 nitrogen and oxygen atoms in total. The Labute approximate surface area is 104 Å². The Kier molecular flexibility index (Phi) is 3.58. The van der Waals surface area contributed by atoms with Crippen LogP contribution in [0.1, 0.15) is 24.8 Å². The summed E-state index contributed by atoms with van der Waals surface area (Å²) < 4.78 is 13.3. The number of hydrogen-bond donors (Lipinski definition) is 2. The maximum atomic E-state index is 13.3. The lowest BCUT2D eigenvalue weighted by atomic mass is 9.80. The molecule has 0 heterocycles. The lowest BCUT2D eigenvalue weighted by molar-refractivity contribution is -0.387. The Bertz CT molecular complexity index is 461. The van der Waals surface area contributed by atoms with E-state index in [1.165, 1.54) is 6.07 Å². The van der Waals surface area contributed by atoms with Gasteiger partial charge >= 0.3 is 5.69 Å². The molecule has 1 aromatic rings. The van der Waals surface area contributed by atoms with Crippen molar-refractivity contribution in [3.63, 3.8) is 0 Å². The number of nitrogens with one attached hydrogen (secondary N) is 1. The number of halogens is 1. The standard InChI is InChI=1S/C12H15FN2O3/c13-10-6-9(2-3-11(10)15(17)18)7-14-8-12(16)4-1-5-12/h2-3,6,14,16H,1,4-5,7-8H2. The first-order valence-corrected chi connectivity index (χ1v) is 5.86. The average Bonchev–Trinajstić information content (AvgIpc) is 2.26. The first kappa shape index (κ1) is 12.9. The Balaban J connectivity index is 1.90. The second kappa shape index (κ2) is 4.99. The number of benzene rings is 1. The van der Waals surface area contributed by atoms with Crippen LogP contribution in [0, 0.1) is 15.9 Å². The van der Waals surface area contributed by atoms with E-state index in [0.717, 1.165) is 31.4 Å². The second-order valence-corrected chi connectivity index (χ2v) is 4.72. The van der Waals surface area contributed by atoms with Gasteiger partial charge in [0.1, 0.15) is 0 Å². The van der Waals surface area contributed by atoms with Gasteiger partial charge in [-0.3, -0.25) is 10.1 Å². The fourth-order valence-electron chi connectivity index (χ4n) is 2.01. The average molecular weight is 254 g/mol. The molecular formula is C12H15FN2O3. The van der Waals surface area contributed by atoms with Gasteiger partial charge < -0.3 is 10.4 Å². The second-order valence-electron chi connectivity index (χ2n) is 4.72. The summed E-state index contributed by atoms with van der Waals surface area (Å²) in [7, 11) is 0. The quantitative estimate of drug-likeness (QED) is 0.620. The van der Waals surface area contributed by atoms with Crippen LogP contribution in [0.4, 0.5) is 10.1 Å². The molecule has 18 heavy (non-hydrogen) atoms. The number of nitro benzene ring substituents is 1. The summed E-state index contributed by atoms with van der Waals surface area (Å²) in [4.78, 5) is 9.70. The van der Waals surface area contributed by atoms with Crippen molar-refractivity contribution >= 4 is 5.69 Å². The SMILES string of the molecule is O=[N+]([O-])c1ccc(CNCC2(O)CCC2)cc1F. The molecule has 6 heteroatoms. The molecule has 0 saturated heterocycles. The summed E-state index contributed by atoms with van der Waals surface area (Å²) in [6.45, 7) is 0.850. The van der Waals surface area contributed by atoms with Crippen LogP contribution in [-0.2, 0) is 6.54 Å². The smallest absolute Gasteiger partial charge is 0.304 e. The summed E-state index contributed by atoms with van der Waals surface area (Å²) >= 11 is 0. The molecule has 1 aliphatic rings. The van der Waals surface area contributed by atoms with Crippen LogP contribution in [0.3, 0.4) is 0 Å². The Morgan fingerprint density at radius 1 is 1.50 bits per heavy atom. The molecule has 2 N–H and O–H groups in total. The van der Waals surface area contributed by atoms with E-state index in [4.69, 9.17) is 0 Å². The molecule has 0 amide bonds. The van der Waals surface area contributed by atoms with Crippen molar-refractivity contribution in [2.75, 3.05) is 6.54 Å². The minimum Gasteiger partial charge on any atom is -0.389 e. The number of hydrogen-bond acceptors (Lipinski definition) is 4. The molecular weight excluding hydrogens is 239 g/mol. The van der Waals surface area contributed by atoms with Crippen molar-refractivity contribution in [2.24, 2.45) is 0 Å². The molecule has 1 aromatic carbocycles. The Hall–Kier alpha value is -1.53. The van der Waals surface area contributed by atoms with Gasteiger partial charge in [-0.2, -0.15) is 4.39 Å². The highest BCUT2D eigenvalue weighted by atomic mass is 19.1. The Morgan fingerprint density at radius 2 is 2.22 bits per heavy atom. The van der Waals surface area contributed by atoms with E-state index in [-0.39, 0.29) is 0 Å². The van der Waals surface area contributed by atoms with Crippen molar-refractivity contribution in [3.8, 4) is 0 Å². The van der Waals surface area contributed by atoms with Gasteiger partial charge in [-0.05, 0) is 30.9 Å². The largest absolute Gasteiger partial charge is 0.389 e. The number of nitro groups is 1. The van der Waals surface area contributed by atoms with Gasteiger partial charge in [0, 0.05) is 19.2 Å². The maximum absolute atomic E-state index is 13.3. The van der Waals surface area contributed by atoms with Crippen molar-refractivity contribution in [1.29, 1.82) is 0 Å². The maximum Gasteiger partial charge on any atom is 0.304 e. The molecule has 0 spiro atoms. The summed E-state index contributed by atoms with van der Waals surface area (Å²) in [6, 6.07) is 3.82. The van der Waals surface area contributed by atoms with Crippen LogP contribution in [0.25, 0.3) is 0 Å². The fourth-order valence-corrected chi connectivity index (χ4v) is 2.01. The lowest BCUT2D eigenvalue weighted by Crippen LogP contribution is -2.45. The third-order valence-electron chi connectivity index (χ3n) is 3.28. The van der Waals surface area contributed by atoms with Crippen LogP contribution < -0.4 is 5.32 Å². The van der Waals surface area contributed by atoms with E-state index in [9.17, 15) is 19.6 Å². The van der Waals surface area contributed by atoms with E-state index >= 15 is 0 Å². The molecule has 0 aromatic heterocycles. The highest BCUT2D eigenvalue weighted by molar-refractivity contribution is 5.34. The zero-order valence-corrected chi connectivity index (χ0v) is 9.86. The van der Waals surface area contributed by atoms with Gasteiger partial charge in [-0.15, -0.1) is 0 Å². The fraction of sp³-hybridized carbons (Fsp3) is 0.500. The minimum atomic E-state index is -0.832. The van der Waals surface area contributed by atoms with Crippen molar-refractivity contribution < 1.29 is 14.4 Å². The molecule has 1 aliphatic carbocycles. The van der Waals surface area contributed by atoms with Crippen molar-refractivity contribution in [1.82, 2.24) is 5.32 Å². The predicted octanol–water partition coefficient (Wildman–Crippen LogP) is 1.74. The molecule has 2 rings (SSSR count). The first-order chi connectivity index (χ1) is 8.50. The molecule has 98 valence electrons. The van der Waals surface area contributed by atoms with Gasteiger partial charge in [0.25, 0.3) is 0 Å². The third-order valence-corrected chi connectivity index (χ3v) is 3.28. The van der Waals surface area contributed by atoms with Crippen LogP contribution >= 0.6 is 0 Å². The molecule has 1 fully saturated rings. The van der Waals surface area contributed by atoms with Gasteiger partial charge in [-0.25, -0.2) is 0 Å². The Morgan fingerprint density at radius 3 is 2.72 bits per heavy atom. The van der Waals surface area contributed by atoms with Crippen LogP contribution in [-0.4, -0.2) is 22.2 Å². The zero-order valence-electron chi connectivity index (χ0n) is 9.86. The summed E-state index contributed by atoms with van der Waals surface area (Å²) in [5, 5.41) is 23.3. The monoisotopic (exact) mass is 254 g/mol. The summed E-state index contributed by atoms with van der Waals surface area (Å²) in [5.41, 5.74) is -0.517. The van der Waals surface area contributed by atoms with E-state index < -0.39 is 22.0 Å².